The van der Waals surface area contributed by atoms with E-state index in [1.54, 1.807) is 48.0 Å². The van der Waals surface area contributed by atoms with E-state index >= 15 is 0 Å². The quantitative estimate of drug-likeness (QED) is 0.353. The highest BCUT2D eigenvalue weighted by atomic mass is 32.2. The number of hydrogen-bond acceptors (Lipinski definition) is 3. The van der Waals surface area contributed by atoms with Crippen molar-refractivity contribution in [3.63, 3.8) is 0 Å². The van der Waals surface area contributed by atoms with E-state index in [0.717, 1.165) is 0 Å². The molecule has 0 bridgehead atoms. The summed E-state index contributed by atoms with van der Waals surface area (Å²) in [5.74, 6) is -1.17. The molecule has 0 aliphatic heterocycles. The van der Waals surface area contributed by atoms with Crippen molar-refractivity contribution in [3.8, 4) is 0 Å². The van der Waals surface area contributed by atoms with E-state index in [2.05, 4.69) is 4.98 Å². The van der Waals surface area contributed by atoms with E-state index in [-0.39, 0.29) is 5.75 Å². The van der Waals surface area contributed by atoms with E-state index in [0.29, 0.717) is 21.7 Å². The monoisotopic (exact) mass is 443 g/mol. The fourth-order valence-electron chi connectivity index (χ4n) is 3.49. The summed E-state index contributed by atoms with van der Waals surface area (Å²) in [6.45, 7) is 0. The van der Waals surface area contributed by atoms with Crippen molar-refractivity contribution in [2.75, 3.05) is 0 Å². The Labute approximate surface area is 178 Å². The maximum absolute atomic E-state index is 14.0. The van der Waals surface area contributed by atoms with Gasteiger partial charge in [-0.1, -0.05) is 36.4 Å². The molecule has 1 aromatic heterocycles. The maximum atomic E-state index is 14.0. The lowest BCUT2D eigenvalue weighted by molar-refractivity contribution is 0.621. The first kappa shape index (κ1) is 20.5. The molecule has 4 aromatic rings. The van der Waals surface area contributed by atoms with Gasteiger partial charge in [-0.3, -0.25) is 4.21 Å². The number of aromatic nitrogens is 1. The van der Waals surface area contributed by atoms with Crippen LogP contribution in [-0.4, -0.2) is 9.19 Å². The van der Waals surface area contributed by atoms with Gasteiger partial charge >= 0.3 is 0 Å². The lowest BCUT2D eigenvalue weighted by Crippen LogP contribution is -2.35. The smallest absolute Gasteiger partial charge is 0.123 e. The first-order chi connectivity index (χ1) is 14.5. The lowest BCUT2D eigenvalue weighted by Gasteiger charge is -2.35. The van der Waals surface area contributed by atoms with Crippen molar-refractivity contribution in [2.24, 2.45) is 0 Å². The molecular weight excluding hydrogens is 427 g/mol. The van der Waals surface area contributed by atoms with Crippen LogP contribution in [0.5, 0.6) is 0 Å². The summed E-state index contributed by atoms with van der Waals surface area (Å²) in [6.07, 6.45) is 1.63. The standard InChI is InChI=1S/C23H16F3NOS2/c24-19-7-1-16(2-8-19)23(17-3-9-20(25)10-4-17,18-5-11-21(26)12-6-18)30(28)15-22-27-13-14-29-22/h1-14H,15H2. The first-order valence-corrected chi connectivity index (χ1v) is 11.2. The fourth-order valence-corrected chi connectivity index (χ4v) is 6.20. The normalized spacial score (nSPS) is 12.6. The summed E-state index contributed by atoms with van der Waals surface area (Å²) in [4.78, 5) is 4.24. The fraction of sp³-hybridized carbons (Fsp3) is 0.0870. The van der Waals surface area contributed by atoms with Crippen molar-refractivity contribution in [1.82, 2.24) is 4.98 Å². The average Bonchev–Trinajstić information content (AvgIpc) is 3.25. The molecule has 152 valence electrons. The van der Waals surface area contributed by atoms with Crippen LogP contribution in [0.2, 0.25) is 0 Å². The van der Waals surface area contributed by atoms with Crippen LogP contribution in [-0.2, 0) is 21.3 Å². The molecule has 4 rings (SSSR count). The predicted molar refractivity (Wildman–Crippen MR) is 113 cm³/mol. The number of halogens is 3. The number of hydrogen-bond donors (Lipinski definition) is 0. The zero-order chi connectivity index (χ0) is 21.1. The van der Waals surface area contributed by atoms with Crippen molar-refractivity contribution in [2.45, 2.75) is 10.5 Å². The molecule has 0 fully saturated rings. The third-order valence-corrected chi connectivity index (χ3v) is 7.72. The molecule has 1 heterocycles. The van der Waals surface area contributed by atoms with Crippen molar-refractivity contribution < 1.29 is 17.4 Å². The van der Waals surface area contributed by atoms with Crippen molar-refractivity contribution in [3.05, 3.63) is 124 Å². The molecule has 30 heavy (non-hydrogen) atoms. The molecule has 3 aromatic carbocycles. The minimum Gasteiger partial charge on any atom is -0.258 e. The van der Waals surface area contributed by atoms with Gasteiger partial charge in [0.15, 0.2) is 0 Å². The van der Waals surface area contributed by atoms with Crippen molar-refractivity contribution >= 4 is 22.1 Å². The van der Waals surface area contributed by atoms with Gasteiger partial charge in [-0.25, -0.2) is 18.2 Å². The third kappa shape index (κ3) is 3.82. The van der Waals surface area contributed by atoms with E-state index < -0.39 is 33.0 Å². The third-order valence-electron chi connectivity index (χ3n) is 4.83. The van der Waals surface area contributed by atoms with E-state index in [1.807, 2.05) is 0 Å². The molecule has 1 unspecified atom stereocenters. The van der Waals surface area contributed by atoms with Crippen LogP contribution in [0.1, 0.15) is 21.7 Å². The highest BCUT2D eigenvalue weighted by Gasteiger charge is 2.43. The Hall–Kier alpha value is -2.77. The van der Waals surface area contributed by atoms with Gasteiger partial charge in [-0.2, -0.15) is 0 Å². The van der Waals surface area contributed by atoms with Crippen LogP contribution in [0.15, 0.2) is 84.4 Å². The van der Waals surface area contributed by atoms with Gasteiger partial charge in [-0.15, -0.1) is 11.3 Å². The zero-order valence-corrected chi connectivity index (χ0v) is 17.2. The summed E-state index contributed by atoms with van der Waals surface area (Å²) < 4.78 is 53.8. The van der Waals surface area contributed by atoms with E-state index in [1.165, 1.54) is 47.7 Å². The Morgan fingerprint density at radius 3 is 1.47 bits per heavy atom. The molecule has 0 aliphatic rings. The second kappa shape index (κ2) is 8.53. The Morgan fingerprint density at radius 2 is 1.13 bits per heavy atom. The highest BCUT2D eigenvalue weighted by molar-refractivity contribution is 7.85. The highest BCUT2D eigenvalue weighted by Crippen LogP contribution is 2.43. The van der Waals surface area contributed by atoms with E-state index in [4.69, 9.17) is 0 Å². The second-order valence-electron chi connectivity index (χ2n) is 6.62. The number of rotatable bonds is 6. The van der Waals surface area contributed by atoms with E-state index in [9.17, 15) is 17.4 Å². The second-order valence-corrected chi connectivity index (χ2v) is 9.19. The molecule has 0 saturated heterocycles. The Balaban J connectivity index is 2.00. The van der Waals surface area contributed by atoms with Gasteiger partial charge in [0.05, 0.1) is 5.75 Å². The van der Waals surface area contributed by atoms with Crippen LogP contribution in [0.3, 0.4) is 0 Å². The summed E-state index contributed by atoms with van der Waals surface area (Å²) >= 11 is 1.38. The first-order valence-electron chi connectivity index (χ1n) is 9.05. The molecule has 0 radical (unpaired) electrons. The molecule has 0 N–H and O–H groups in total. The maximum Gasteiger partial charge on any atom is 0.123 e. The minimum atomic E-state index is -1.64. The summed E-state index contributed by atoms with van der Waals surface area (Å²) in [5.41, 5.74) is 1.66. The molecule has 0 aliphatic carbocycles. The number of benzene rings is 3. The van der Waals surface area contributed by atoms with Gasteiger partial charge < -0.3 is 0 Å². The number of nitrogens with zero attached hydrogens (tertiary/aromatic N) is 1. The Kier molecular flexibility index (Phi) is 5.83. The summed E-state index contributed by atoms with van der Waals surface area (Å²) in [6, 6.07) is 17.1. The molecule has 0 saturated carbocycles. The van der Waals surface area contributed by atoms with Gasteiger partial charge in [0, 0.05) is 22.4 Å². The largest absolute Gasteiger partial charge is 0.258 e. The molecule has 7 heteroatoms. The van der Waals surface area contributed by atoms with Crippen LogP contribution < -0.4 is 0 Å². The molecular formula is C23H16F3NOS2. The minimum absolute atomic E-state index is 0.129. The Bertz CT molecular complexity index is 1030. The molecule has 1 atom stereocenters. The summed E-state index contributed by atoms with van der Waals surface area (Å²) in [7, 11) is -1.64. The van der Waals surface area contributed by atoms with Gasteiger partial charge in [-0.05, 0) is 53.1 Å². The average molecular weight is 444 g/mol. The summed E-state index contributed by atoms with van der Waals surface area (Å²) in [5, 5.41) is 2.46. The van der Waals surface area contributed by atoms with Crippen LogP contribution >= 0.6 is 11.3 Å². The van der Waals surface area contributed by atoms with Crippen LogP contribution in [0, 0.1) is 17.5 Å². The predicted octanol–water partition coefficient (Wildman–Crippen LogP) is 5.80. The molecule has 0 amide bonds. The topological polar surface area (TPSA) is 30.0 Å². The van der Waals surface area contributed by atoms with Gasteiger partial charge in [0.1, 0.15) is 27.2 Å². The van der Waals surface area contributed by atoms with Gasteiger partial charge in [0.25, 0.3) is 0 Å². The lowest BCUT2D eigenvalue weighted by atomic mass is 9.84. The number of thiazole rings is 1. The zero-order valence-electron chi connectivity index (χ0n) is 15.6. The van der Waals surface area contributed by atoms with Crippen molar-refractivity contribution in [1.29, 1.82) is 0 Å². The molecule has 2 nitrogen and oxygen atoms in total. The van der Waals surface area contributed by atoms with Crippen LogP contribution in [0.4, 0.5) is 13.2 Å². The SMILES string of the molecule is O=S(Cc1nccs1)C(c1ccc(F)cc1)(c1ccc(F)cc1)c1ccc(F)cc1. The van der Waals surface area contributed by atoms with Crippen LogP contribution in [0.25, 0.3) is 0 Å². The Morgan fingerprint density at radius 1 is 0.733 bits per heavy atom. The molecule has 0 spiro atoms. The van der Waals surface area contributed by atoms with Gasteiger partial charge in [0.2, 0.25) is 0 Å².